The molecule has 0 aliphatic carbocycles. The number of thiazole rings is 2. The van der Waals surface area contributed by atoms with Gasteiger partial charge in [-0.25, -0.2) is 64.8 Å². The number of aromatic amines is 14. The molecule has 0 atom stereocenters. The van der Waals surface area contributed by atoms with Crippen LogP contribution >= 0.6 is 34.2 Å². The topological polar surface area (TPSA) is 689 Å². The van der Waals surface area contributed by atoms with Gasteiger partial charge in [0.25, 0.3) is 67.0 Å². The average molecular weight is 1560 g/mol. The first-order valence-corrected chi connectivity index (χ1v) is 33.7. The van der Waals surface area contributed by atoms with E-state index < -0.39 is 0 Å². The Labute approximate surface area is 615 Å². The number of oxazole rings is 2. The molecule has 0 saturated carbocycles. The second-order valence-electron chi connectivity index (χ2n) is 22.1. The highest BCUT2D eigenvalue weighted by molar-refractivity contribution is 7.16. The van der Waals surface area contributed by atoms with E-state index in [2.05, 4.69) is 169 Å². The molecule has 20 aromatic heterocycles. The molecule has 47 nitrogen and oxygen atoms in total. The van der Waals surface area contributed by atoms with Gasteiger partial charge in [-0.15, -0.1) is 22.7 Å². The Balaban J connectivity index is 0.000000121. The van der Waals surface area contributed by atoms with Crippen LogP contribution in [0.3, 0.4) is 0 Å². The van der Waals surface area contributed by atoms with E-state index in [0.29, 0.717) is 145 Å². The number of H-pyrrole nitrogens is 14. The predicted octanol–water partition coefficient (Wildman–Crippen LogP) is 2.54. The van der Waals surface area contributed by atoms with Gasteiger partial charge in [0.2, 0.25) is 11.2 Å². The van der Waals surface area contributed by atoms with E-state index in [-0.39, 0.29) is 78.1 Å². The first-order valence-electron chi connectivity index (χ1n) is 31.1. The van der Waals surface area contributed by atoms with Crippen molar-refractivity contribution in [1.82, 2.24) is 169 Å². The highest BCUT2D eigenvalue weighted by atomic mass is 32.1. The molecule has 0 unspecified atom stereocenters. The number of rotatable bonds is 0. The lowest BCUT2D eigenvalue weighted by Gasteiger charge is -1.89. The number of nitrogens with zero attached hydrogens (tertiary/aromatic N) is 20. The summed E-state index contributed by atoms with van der Waals surface area (Å²) in [6.07, 6.45) is 11.1. The van der Waals surface area contributed by atoms with E-state index in [4.69, 9.17) is 13.4 Å². The van der Waals surface area contributed by atoms with Crippen molar-refractivity contribution in [2.45, 2.75) is 69.2 Å². The molecule has 0 spiro atoms. The van der Waals surface area contributed by atoms with Crippen LogP contribution in [0.4, 0.5) is 0 Å². The molecule has 0 aliphatic rings. The van der Waals surface area contributed by atoms with Gasteiger partial charge in [0.05, 0.1) is 53.8 Å². The molecule has 14 N–H and O–H groups in total. The van der Waals surface area contributed by atoms with Gasteiger partial charge < -0.3 is 73.2 Å². The first-order chi connectivity index (χ1) is 52.7. The fourth-order valence-electron chi connectivity index (χ4n) is 9.11. The predicted molar refractivity (Wildman–Crippen MR) is 397 cm³/mol. The Morgan fingerprint density at radius 3 is 1.37 bits per heavy atom. The minimum absolute atomic E-state index is 0.102. The first kappa shape index (κ1) is 75.9. The molecular formula is C60H54N34O13S3. The highest BCUT2D eigenvalue weighted by Gasteiger charge is 2.10. The third kappa shape index (κ3) is 18.6. The van der Waals surface area contributed by atoms with Gasteiger partial charge in [0, 0.05) is 0 Å². The number of fused-ring (bicyclic) bond motifs is 10. The molecule has 20 heterocycles. The summed E-state index contributed by atoms with van der Waals surface area (Å²) in [6.45, 7) is 17.2. The molecule has 560 valence electrons. The Bertz CT molecular complexity index is 5860. The van der Waals surface area contributed by atoms with Crippen LogP contribution in [0.15, 0.2) is 123 Å². The third-order valence-corrected chi connectivity index (χ3v) is 16.0. The van der Waals surface area contributed by atoms with Crippen LogP contribution in [0.2, 0.25) is 0 Å². The molecule has 0 amide bonds. The summed E-state index contributed by atoms with van der Waals surface area (Å²) in [6, 6.07) is 0. The van der Waals surface area contributed by atoms with Crippen LogP contribution in [-0.2, 0) is 0 Å². The number of hydrogen-bond acceptors (Lipinski definition) is 36. The van der Waals surface area contributed by atoms with Crippen molar-refractivity contribution >= 4 is 143 Å². The molecule has 20 rings (SSSR count). The molecule has 0 radical (unpaired) electrons. The lowest BCUT2D eigenvalue weighted by molar-refractivity contribution is 0.447. The molecule has 0 aromatic carbocycles. The molecule has 0 aliphatic heterocycles. The van der Waals surface area contributed by atoms with E-state index in [1.54, 1.807) is 80.3 Å². The van der Waals surface area contributed by atoms with Crippen LogP contribution < -0.4 is 55.6 Å². The van der Waals surface area contributed by atoms with Crippen LogP contribution in [0.25, 0.3) is 109 Å². The van der Waals surface area contributed by atoms with Crippen LogP contribution in [0, 0.1) is 69.2 Å². The van der Waals surface area contributed by atoms with Crippen molar-refractivity contribution in [3.8, 4) is 0 Å². The monoisotopic (exact) mass is 1550 g/mol. The van der Waals surface area contributed by atoms with Crippen molar-refractivity contribution < 1.29 is 13.4 Å². The normalized spacial score (nSPS) is 10.6. The summed E-state index contributed by atoms with van der Waals surface area (Å²) >= 11 is 3.91. The number of aryl methyl sites for hydroxylation is 10. The van der Waals surface area contributed by atoms with E-state index in [1.165, 1.54) is 84.4 Å². The number of hydrogen-bond donors (Lipinski definition) is 14. The van der Waals surface area contributed by atoms with Gasteiger partial charge in [0.15, 0.2) is 72.8 Å². The summed E-state index contributed by atoms with van der Waals surface area (Å²) in [5.41, 5.74) is 6.61. The zero-order valence-corrected chi connectivity index (χ0v) is 60.7. The van der Waals surface area contributed by atoms with Gasteiger partial charge in [-0.1, -0.05) is 5.16 Å². The van der Waals surface area contributed by atoms with Crippen LogP contribution in [-0.4, -0.2) is 169 Å². The fourth-order valence-corrected chi connectivity index (χ4v) is 11.1. The highest BCUT2D eigenvalue weighted by Crippen LogP contribution is 2.13. The van der Waals surface area contributed by atoms with Gasteiger partial charge in [-0.2, -0.15) is 29.5 Å². The van der Waals surface area contributed by atoms with Gasteiger partial charge in [-0.3, -0.25) is 58.1 Å². The Hall–Kier alpha value is -15.2. The average Bonchev–Trinajstić information content (AvgIpc) is 1.53. The molecular weight excluding hydrogens is 1500 g/mol. The van der Waals surface area contributed by atoms with E-state index in [0.717, 1.165) is 0 Å². The summed E-state index contributed by atoms with van der Waals surface area (Å²) < 4.78 is 18.8. The van der Waals surface area contributed by atoms with Crippen molar-refractivity contribution in [2.75, 3.05) is 0 Å². The van der Waals surface area contributed by atoms with Crippen molar-refractivity contribution in [3.05, 3.63) is 223 Å². The van der Waals surface area contributed by atoms with Gasteiger partial charge in [-0.05, 0) is 80.8 Å². The second-order valence-corrected chi connectivity index (χ2v) is 24.6. The zero-order chi connectivity index (χ0) is 78.4. The van der Waals surface area contributed by atoms with Crippen molar-refractivity contribution in [1.29, 1.82) is 0 Å². The third-order valence-electron chi connectivity index (χ3n) is 13.7. The molecule has 0 fully saturated rings. The zero-order valence-electron chi connectivity index (χ0n) is 58.2. The summed E-state index contributed by atoms with van der Waals surface area (Å²) in [4.78, 5) is 206. The quantitative estimate of drug-likeness (QED) is 0.104. The Morgan fingerprint density at radius 2 is 0.782 bits per heavy atom. The van der Waals surface area contributed by atoms with E-state index >= 15 is 0 Å². The van der Waals surface area contributed by atoms with Crippen molar-refractivity contribution in [2.24, 2.45) is 0 Å². The smallest absolute Gasteiger partial charge is 0.296 e. The molecule has 110 heavy (non-hydrogen) atoms. The molecule has 0 saturated heterocycles. The minimum Gasteiger partial charge on any atom is -0.436 e. The Kier molecular flexibility index (Phi) is 23.2. The summed E-state index contributed by atoms with van der Waals surface area (Å²) in [5, 5.41) is 18.0. The Morgan fingerprint density at radius 1 is 0.336 bits per heavy atom. The van der Waals surface area contributed by atoms with Crippen LogP contribution in [0.1, 0.15) is 58.2 Å². The van der Waals surface area contributed by atoms with Crippen LogP contribution in [0.5, 0.6) is 0 Å². The number of nitrogens with one attached hydrogen (secondary N) is 14. The largest absolute Gasteiger partial charge is 0.436 e. The maximum absolute atomic E-state index is 11.1. The summed E-state index contributed by atoms with van der Waals surface area (Å²) in [5.74, 6) is 5.80. The fraction of sp³-hybridized carbons (Fsp3) is 0.167. The maximum Gasteiger partial charge on any atom is 0.296 e. The number of imidazole rings is 2. The lowest BCUT2D eigenvalue weighted by atomic mass is 10.4. The van der Waals surface area contributed by atoms with E-state index in [9.17, 15) is 47.9 Å². The molecule has 50 heteroatoms. The van der Waals surface area contributed by atoms with E-state index in [1.807, 2.05) is 0 Å². The number of aromatic nitrogens is 34. The van der Waals surface area contributed by atoms with Gasteiger partial charge >= 0.3 is 0 Å². The molecule has 20 aromatic rings. The standard InChI is InChI=1S/4C6H6N4O.3C6H5N3O2.3C6H5N3OS/c2*1-3-9-5-4(6(11)10-3)7-2-8-5;2*1-3-8-5-4(2-7-10-5)6(11)9-3;1-3-8-5-4(6(10)9-3)11-2-7-5;1-3-8-5(10)4-6(9-3)11-2-7-4;1-3-8-5(10)4-2-7-11-6(4)9-3;1-3-8-5-4(6(10)9-3)11-2-7-5;1-3-8-5(10)4-6(9-3)11-2-7-4;1-3-8-5(10)4-2-7-11-6(4)9-3/h4*2H,1H3,(H2,7,8,9,10,11);6*2H,1H3,(H,8,9,10). The minimum atomic E-state index is -0.287. The van der Waals surface area contributed by atoms with Crippen molar-refractivity contribution in [3.63, 3.8) is 0 Å². The second kappa shape index (κ2) is 33.7. The van der Waals surface area contributed by atoms with Gasteiger partial charge in [0.1, 0.15) is 79.1 Å². The maximum atomic E-state index is 11.1. The molecule has 0 bridgehead atoms. The summed E-state index contributed by atoms with van der Waals surface area (Å²) in [7, 11) is 0. The SMILES string of the molecule is Cc1nc2[nH]ncc2c(=O)[nH]1.Cc1nc2[nH]ncc2c(=O)[nH]1.Cc1nc2nc[nH]c2c(=O)[nH]1.Cc1nc2nc[nH]c2c(=O)[nH]1.Cc1nc2ncoc2c(=O)[nH]1.Cc1nc2ncsc2c(=O)[nH]1.Cc1nc2ocnc2c(=O)[nH]1.Cc1nc2oncc2c(=O)[nH]1.Cc1nc2scnc2c(=O)[nH]1.Cc1nc2sncc2c(=O)[nH]1. The lowest BCUT2D eigenvalue weighted by Crippen LogP contribution is -2.09.